The molecule has 0 radical (unpaired) electrons. The first kappa shape index (κ1) is 13.4. The first-order valence-electron chi connectivity index (χ1n) is 7.15. The lowest BCUT2D eigenvalue weighted by atomic mass is 9.95. The second-order valence-electron chi connectivity index (χ2n) is 5.75. The van der Waals surface area contributed by atoms with Crippen molar-refractivity contribution in [3.8, 4) is 0 Å². The van der Waals surface area contributed by atoms with E-state index < -0.39 is 0 Å². The summed E-state index contributed by atoms with van der Waals surface area (Å²) in [4.78, 5) is 2.55. The number of nitrogens with one attached hydrogen (secondary N) is 1. The first-order chi connectivity index (χ1) is 8.63. The minimum absolute atomic E-state index is 0.598. The molecule has 1 aromatic rings. The van der Waals surface area contributed by atoms with Crippen LogP contribution in [0.3, 0.4) is 0 Å². The minimum atomic E-state index is 0.598. The van der Waals surface area contributed by atoms with Crippen LogP contribution in [0.25, 0.3) is 0 Å². The van der Waals surface area contributed by atoms with Crippen LogP contribution in [0.4, 0.5) is 5.69 Å². The van der Waals surface area contributed by atoms with E-state index in [1.165, 1.54) is 30.6 Å². The molecule has 0 aromatic heterocycles. The number of hydrogen-bond donors (Lipinski definition) is 1. The van der Waals surface area contributed by atoms with Gasteiger partial charge < -0.3 is 10.2 Å². The molecule has 1 atom stereocenters. The highest BCUT2D eigenvalue weighted by Crippen LogP contribution is 2.40. The average Bonchev–Trinajstić information content (AvgIpc) is 2.68. The summed E-state index contributed by atoms with van der Waals surface area (Å²) in [6.07, 6.45) is 2.56. The van der Waals surface area contributed by atoms with Crippen LogP contribution < -0.4 is 10.2 Å². The van der Waals surface area contributed by atoms with E-state index in [2.05, 4.69) is 49.2 Å². The molecular formula is C16H26N2. The van der Waals surface area contributed by atoms with Gasteiger partial charge in [-0.3, -0.25) is 0 Å². The van der Waals surface area contributed by atoms with Crippen molar-refractivity contribution < 1.29 is 0 Å². The molecule has 2 rings (SSSR count). The summed E-state index contributed by atoms with van der Waals surface area (Å²) in [5.74, 6) is 0.718. The number of benzene rings is 1. The topological polar surface area (TPSA) is 15.3 Å². The van der Waals surface area contributed by atoms with E-state index in [0.29, 0.717) is 6.04 Å². The van der Waals surface area contributed by atoms with Crippen LogP contribution in [0, 0.1) is 6.92 Å². The molecule has 1 N–H and O–H groups in total. The van der Waals surface area contributed by atoms with Crippen molar-refractivity contribution in [2.24, 2.45) is 0 Å². The highest BCUT2D eigenvalue weighted by molar-refractivity contribution is 5.61. The van der Waals surface area contributed by atoms with Gasteiger partial charge in [0.1, 0.15) is 0 Å². The van der Waals surface area contributed by atoms with E-state index in [-0.39, 0.29) is 0 Å². The molecule has 0 saturated carbocycles. The molecule has 2 nitrogen and oxygen atoms in total. The Morgan fingerprint density at radius 2 is 2.17 bits per heavy atom. The number of aryl methyl sites for hydroxylation is 1. The maximum Gasteiger partial charge on any atom is 0.0404 e. The fourth-order valence-corrected chi connectivity index (χ4v) is 2.96. The molecular weight excluding hydrogens is 220 g/mol. The molecule has 1 unspecified atom stereocenters. The average molecular weight is 246 g/mol. The minimum Gasteiger partial charge on any atom is -0.368 e. The third kappa shape index (κ3) is 2.69. The van der Waals surface area contributed by atoms with Gasteiger partial charge in [-0.2, -0.15) is 0 Å². The number of nitrogens with zero attached hydrogens (tertiary/aromatic N) is 1. The van der Waals surface area contributed by atoms with Gasteiger partial charge in [0.25, 0.3) is 0 Å². The van der Waals surface area contributed by atoms with Gasteiger partial charge in [0.15, 0.2) is 0 Å². The predicted octanol–water partition coefficient (Wildman–Crippen LogP) is 3.31. The van der Waals surface area contributed by atoms with E-state index in [4.69, 9.17) is 0 Å². The van der Waals surface area contributed by atoms with Crippen molar-refractivity contribution in [2.45, 2.75) is 45.6 Å². The van der Waals surface area contributed by atoms with Gasteiger partial charge in [0.05, 0.1) is 0 Å². The molecule has 0 saturated heterocycles. The smallest absolute Gasteiger partial charge is 0.0404 e. The highest BCUT2D eigenvalue weighted by Gasteiger charge is 2.29. The van der Waals surface area contributed by atoms with E-state index >= 15 is 0 Å². The zero-order valence-electron chi connectivity index (χ0n) is 12.2. The van der Waals surface area contributed by atoms with Gasteiger partial charge in [0, 0.05) is 24.2 Å². The summed E-state index contributed by atoms with van der Waals surface area (Å²) >= 11 is 0. The molecule has 0 amide bonds. The van der Waals surface area contributed by atoms with Crippen molar-refractivity contribution in [3.05, 3.63) is 29.3 Å². The Balaban J connectivity index is 2.18. The van der Waals surface area contributed by atoms with Crippen molar-refractivity contribution >= 4 is 5.69 Å². The zero-order chi connectivity index (χ0) is 13.1. The molecule has 1 aromatic carbocycles. The van der Waals surface area contributed by atoms with Gasteiger partial charge in [-0.1, -0.05) is 17.7 Å². The Morgan fingerprint density at radius 3 is 2.83 bits per heavy atom. The second kappa shape index (κ2) is 5.75. The lowest BCUT2D eigenvalue weighted by molar-refractivity contribution is 0.571. The van der Waals surface area contributed by atoms with Crippen molar-refractivity contribution in [1.82, 2.24) is 5.32 Å². The molecule has 0 spiro atoms. The largest absolute Gasteiger partial charge is 0.368 e. The van der Waals surface area contributed by atoms with E-state index in [0.717, 1.165) is 12.5 Å². The molecule has 0 bridgehead atoms. The highest BCUT2D eigenvalue weighted by atomic mass is 15.2. The predicted molar refractivity (Wildman–Crippen MR) is 79.6 cm³/mol. The Hall–Kier alpha value is -1.02. The molecule has 1 aliphatic rings. The maximum atomic E-state index is 3.25. The lowest BCUT2D eigenvalue weighted by Gasteiger charge is -2.24. The van der Waals surface area contributed by atoms with Crippen molar-refractivity contribution in [1.29, 1.82) is 0 Å². The Bertz CT molecular complexity index is 398. The maximum absolute atomic E-state index is 3.25. The third-order valence-electron chi connectivity index (χ3n) is 3.95. The van der Waals surface area contributed by atoms with Crippen molar-refractivity contribution in [2.75, 3.05) is 25.0 Å². The standard InChI is InChI=1S/C16H26N2/c1-12(2)18-11-14(6-5-9-17-4)15-10-13(3)7-8-16(15)18/h7-8,10,12,14,17H,5-6,9,11H2,1-4H3. The third-order valence-corrected chi connectivity index (χ3v) is 3.95. The molecule has 0 fully saturated rings. The Kier molecular flexibility index (Phi) is 4.28. The monoisotopic (exact) mass is 246 g/mol. The summed E-state index contributed by atoms with van der Waals surface area (Å²) < 4.78 is 0. The van der Waals surface area contributed by atoms with E-state index in [1.54, 1.807) is 5.56 Å². The number of rotatable bonds is 5. The Morgan fingerprint density at radius 1 is 1.39 bits per heavy atom. The van der Waals surface area contributed by atoms with Crippen LogP contribution in [0.2, 0.25) is 0 Å². The van der Waals surface area contributed by atoms with Crippen LogP contribution in [0.5, 0.6) is 0 Å². The second-order valence-corrected chi connectivity index (χ2v) is 5.75. The molecule has 1 heterocycles. The normalized spacial score (nSPS) is 18.5. The quantitative estimate of drug-likeness (QED) is 0.802. The number of hydrogen-bond acceptors (Lipinski definition) is 2. The SMILES string of the molecule is CNCCCC1CN(C(C)C)c2ccc(C)cc21. The molecule has 2 heteroatoms. The number of fused-ring (bicyclic) bond motifs is 1. The molecule has 18 heavy (non-hydrogen) atoms. The lowest BCUT2D eigenvalue weighted by Crippen LogP contribution is -2.29. The summed E-state index contributed by atoms with van der Waals surface area (Å²) in [7, 11) is 2.03. The fraction of sp³-hybridized carbons (Fsp3) is 0.625. The summed E-state index contributed by atoms with van der Waals surface area (Å²) in [5.41, 5.74) is 4.42. The zero-order valence-corrected chi connectivity index (χ0v) is 12.2. The fourth-order valence-electron chi connectivity index (χ4n) is 2.96. The van der Waals surface area contributed by atoms with Crippen LogP contribution in [0.1, 0.15) is 43.7 Å². The number of anilines is 1. The van der Waals surface area contributed by atoms with E-state index in [9.17, 15) is 0 Å². The first-order valence-corrected chi connectivity index (χ1v) is 7.15. The van der Waals surface area contributed by atoms with Crippen molar-refractivity contribution in [3.63, 3.8) is 0 Å². The van der Waals surface area contributed by atoms with Gasteiger partial charge in [0.2, 0.25) is 0 Å². The van der Waals surface area contributed by atoms with Gasteiger partial charge >= 0.3 is 0 Å². The molecule has 0 aliphatic carbocycles. The van der Waals surface area contributed by atoms with Crippen LogP contribution >= 0.6 is 0 Å². The summed E-state index contributed by atoms with van der Waals surface area (Å²) in [6.45, 7) is 9.10. The summed E-state index contributed by atoms with van der Waals surface area (Å²) in [5, 5.41) is 3.25. The molecule has 100 valence electrons. The van der Waals surface area contributed by atoms with Crippen LogP contribution in [-0.4, -0.2) is 26.2 Å². The Labute approximate surface area is 111 Å². The van der Waals surface area contributed by atoms with Crippen LogP contribution in [-0.2, 0) is 0 Å². The summed E-state index contributed by atoms with van der Waals surface area (Å²) in [6, 6.07) is 7.54. The van der Waals surface area contributed by atoms with Crippen LogP contribution in [0.15, 0.2) is 18.2 Å². The van der Waals surface area contributed by atoms with E-state index in [1.807, 2.05) is 7.05 Å². The van der Waals surface area contributed by atoms with Gasteiger partial charge in [-0.25, -0.2) is 0 Å². The van der Waals surface area contributed by atoms with Gasteiger partial charge in [-0.05, 0) is 58.8 Å². The van der Waals surface area contributed by atoms with Gasteiger partial charge in [-0.15, -0.1) is 0 Å². The molecule has 1 aliphatic heterocycles.